The normalized spacial score (nSPS) is 14.6. The molecule has 1 unspecified atom stereocenters. The van der Waals surface area contributed by atoms with Crippen LogP contribution in [0.4, 0.5) is 4.39 Å². The van der Waals surface area contributed by atoms with E-state index in [0.717, 1.165) is 11.3 Å². The van der Waals surface area contributed by atoms with Crippen molar-refractivity contribution in [2.45, 2.75) is 30.1 Å². The van der Waals surface area contributed by atoms with Crippen LogP contribution in [0.3, 0.4) is 0 Å². The number of nitrogens with one attached hydrogen (secondary N) is 1. The second-order valence-electron chi connectivity index (χ2n) is 5.31. The van der Waals surface area contributed by atoms with Crippen molar-refractivity contribution in [2.75, 3.05) is 13.7 Å². The number of halogens is 1. The first-order valence-electron chi connectivity index (χ1n) is 7.21. The maximum absolute atomic E-state index is 14.0. The Balaban J connectivity index is 2.21. The van der Waals surface area contributed by atoms with Crippen molar-refractivity contribution < 1.29 is 17.5 Å². The molecule has 1 aromatic heterocycles. The molecule has 1 heterocycles. The molecule has 0 aliphatic heterocycles. The van der Waals surface area contributed by atoms with E-state index in [1.807, 2.05) is 6.92 Å². The zero-order chi connectivity index (χ0) is 17.1. The van der Waals surface area contributed by atoms with Crippen molar-refractivity contribution in [2.24, 2.45) is 0 Å². The van der Waals surface area contributed by atoms with Crippen LogP contribution in [0.25, 0.3) is 0 Å². The zero-order valence-electron chi connectivity index (χ0n) is 13.3. The van der Waals surface area contributed by atoms with Crippen LogP contribution < -0.4 is 4.72 Å². The second kappa shape index (κ2) is 7.09. The van der Waals surface area contributed by atoms with E-state index in [9.17, 15) is 12.8 Å². The summed E-state index contributed by atoms with van der Waals surface area (Å²) in [6, 6.07) is 9.57. The predicted octanol–water partition coefficient (Wildman–Crippen LogP) is 3.29. The van der Waals surface area contributed by atoms with Crippen LogP contribution in [-0.2, 0) is 26.8 Å². The standard InChI is InChI=1S/C16H20FNO3S2/c1-4-12-9-10-15(22-12)23(19,20)18-11-16(2,21-3)13-7-5-6-8-14(13)17/h5-10,18H,4,11H2,1-3H3. The van der Waals surface area contributed by atoms with Crippen LogP contribution in [0, 0.1) is 5.82 Å². The van der Waals surface area contributed by atoms with E-state index in [2.05, 4.69) is 4.72 Å². The molecule has 1 aromatic carbocycles. The van der Waals surface area contributed by atoms with Crippen molar-refractivity contribution >= 4 is 21.4 Å². The number of benzene rings is 1. The molecule has 0 saturated heterocycles. The van der Waals surface area contributed by atoms with Gasteiger partial charge in [0.25, 0.3) is 0 Å². The minimum atomic E-state index is -3.65. The van der Waals surface area contributed by atoms with Gasteiger partial charge in [0.1, 0.15) is 15.6 Å². The molecule has 1 N–H and O–H groups in total. The van der Waals surface area contributed by atoms with Gasteiger partial charge in [-0.25, -0.2) is 17.5 Å². The Morgan fingerprint density at radius 3 is 2.52 bits per heavy atom. The first-order valence-corrected chi connectivity index (χ1v) is 9.51. The zero-order valence-corrected chi connectivity index (χ0v) is 14.9. The van der Waals surface area contributed by atoms with Gasteiger partial charge in [0.05, 0.1) is 0 Å². The van der Waals surface area contributed by atoms with Gasteiger partial charge in [-0.2, -0.15) is 0 Å². The number of ether oxygens (including phenoxy) is 1. The SMILES string of the molecule is CCc1ccc(S(=O)(=O)NCC(C)(OC)c2ccccc2F)s1. The van der Waals surface area contributed by atoms with Gasteiger partial charge in [0, 0.05) is 24.1 Å². The highest BCUT2D eigenvalue weighted by atomic mass is 32.2. The van der Waals surface area contributed by atoms with Crippen LogP contribution >= 0.6 is 11.3 Å². The number of hydrogen-bond donors (Lipinski definition) is 1. The molecular weight excluding hydrogens is 337 g/mol. The maximum atomic E-state index is 14.0. The quantitative estimate of drug-likeness (QED) is 0.827. The smallest absolute Gasteiger partial charge is 0.250 e. The Labute approximate surface area is 140 Å². The highest BCUT2D eigenvalue weighted by molar-refractivity contribution is 7.91. The summed E-state index contributed by atoms with van der Waals surface area (Å²) in [6.07, 6.45) is 0.783. The van der Waals surface area contributed by atoms with Crippen molar-refractivity contribution in [3.05, 3.63) is 52.7 Å². The number of methoxy groups -OCH3 is 1. The Kier molecular flexibility index (Phi) is 5.57. The molecule has 0 amide bonds. The fraction of sp³-hybridized carbons (Fsp3) is 0.375. The number of thiophene rings is 1. The summed E-state index contributed by atoms with van der Waals surface area (Å²) < 4.78 is 47.0. The van der Waals surface area contributed by atoms with Gasteiger partial charge < -0.3 is 4.74 Å². The van der Waals surface area contributed by atoms with E-state index >= 15 is 0 Å². The molecule has 0 aliphatic carbocycles. The summed E-state index contributed by atoms with van der Waals surface area (Å²) in [6.45, 7) is 3.56. The highest BCUT2D eigenvalue weighted by Gasteiger charge is 2.31. The maximum Gasteiger partial charge on any atom is 0.250 e. The Hall–Kier alpha value is -1.28. The predicted molar refractivity (Wildman–Crippen MR) is 89.6 cm³/mol. The number of hydrogen-bond acceptors (Lipinski definition) is 4. The molecule has 7 heteroatoms. The third-order valence-corrected chi connectivity index (χ3v) is 6.87. The summed E-state index contributed by atoms with van der Waals surface area (Å²) in [4.78, 5) is 0.994. The molecule has 0 spiro atoms. The van der Waals surface area contributed by atoms with Crippen LogP contribution in [0.1, 0.15) is 24.3 Å². The first-order chi connectivity index (χ1) is 10.8. The van der Waals surface area contributed by atoms with Crippen LogP contribution in [0.5, 0.6) is 0 Å². The molecule has 0 aliphatic rings. The monoisotopic (exact) mass is 357 g/mol. The number of aryl methyl sites for hydroxylation is 1. The molecule has 23 heavy (non-hydrogen) atoms. The van der Waals surface area contributed by atoms with E-state index in [4.69, 9.17) is 4.74 Å². The third kappa shape index (κ3) is 3.98. The molecular formula is C16H20FNO3S2. The third-order valence-electron chi connectivity index (χ3n) is 3.74. The van der Waals surface area contributed by atoms with Crippen LogP contribution in [-0.4, -0.2) is 22.1 Å². The number of sulfonamides is 1. The average Bonchev–Trinajstić information content (AvgIpc) is 3.03. The molecule has 0 fully saturated rings. The van der Waals surface area contributed by atoms with Gasteiger partial charge in [-0.3, -0.25) is 0 Å². The van der Waals surface area contributed by atoms with Crippen molar-refractivity contribution in [3.8, 4) is 0 Å². The second-order valence-corrected chi connectivity index (χ2v) is 8.48. The molecule has 1 atom stereocenters. The Morgan fingerprint density at radius 2 is 1.96 bits per heavy atom. The van der Waals surface area contributed by atoms with Gasteiger partial charge >= 0.3 is 0 Å². The molecule has 0 saturated carbocycles. The summed E-state index contributed by atoms with van der Waals surface area (Å²) >= 11 is 1.23. The van der Waals surface area contributed by atoms with Gasteiger partial charge in [-0.15, -0.1) is 11.3 Å². The van der Waals surface area contributed by atoms with Crippen molar-refractivity contribution in [1.29, 1.82) is 0 Å². The molecule has 0 radical (unpaired) electrons. The lowest BCUT2D eigenvalue weighted by molar-refractivity contribution is 0.00411. The Morgan fingerprint density at radius 1 is 1.26 bits per heavy atom. The summed E-state index contributed by atoms with van der Waals surface area (Å²) in [5.74, 6) is -0.430. The lowest BCUT2D eigenvalue weighted by Crippen LogP contribution is -2.40. The van der Waals surface area contributed by atoms with Crippen LogP contribution in [0.2, 0.25) is 0 Å². The average molecular weight is 357 g/mol. The fourth-order valence-corrected chi connectivity index (χ4v) is 4.63. The first kappa shape index (κ1) is 18.1. The van der Waals surface area contributed by atoms with E-state index in [0.29, 0.717) is 5.56 Å². The molecule has 126 valence electrons. The van der Waals surface area contributed by atoms with Crippen molar-refractivity contribution in [3.63, 3.8) is 0 Å². The van der Waals surface area contributed by atoms with Gasteiger partial charge in [0.2, 0.25) is 10.0 Å². The van der Waals surface area contributed by atoms with Gasteiger partial charge in [-0.05, 0) is 31.5 Å². The van der Waals surface area contributed by atoms with E-state index in [-0.39, 0.29) is 10.8 Å². The van der Waals surface area contributed by atoms with Crippen molar-refractivity contribution in [1.82, 2.24) is 4.72 Å². The van der Waals surface area contributed by atoms with Crippen LogP contribution in [0.15, 0.2) is 40.6 Å². The lowest BCUT2D eigenvalue weighted by atomic mass is 9.95. The fourth-order valence-electron chi connectivity index (χ4n) is 2.16. The van der Waals surface area contributed by atoms with E-state index < -0.39 is 21.4 Å². The van der Waals surface area contributed by atoms with E-state index in [1.165, 1.54) is 24.5 Å². The molecule has 0 bridgehead atoms. The summed E-state index contributed by atoms with van der Waals surface area (Å²) in [7, 11) is -2.22. The van der Waals surface area contributed by atoms with Gasteiger partial charge in [-0.1, -0.05) is 25.1 Å². The largest absolute Gasteiger partial charge is 0.372 e. The summed E-state index contributed by atoms with van der Waals surface area (Å²) in [5.41, 5.74) is -0.783. The summed E-state index contributed by atoms with van der Waals surface area (Å²) in [5, 5.41) is 0. The number of rotatable bonds is 7. The van der Waals surface area contributed by atoms with Gasteiger partial charge in [0.15, 0.2) is 0 Å². The van der Waals surface area contributed by atoms with E-state index in [1.54, 1.807) is 37.3 Å². The minimum Gasteiger partial charge on any atom is -0.372 e. The lowest BCUT2D eigenvalue weighted by Gasteiger charge is -2.29. The molecule has 2 rings (SSSR count). The topological polar surface area (TPSA) is 55.4 Å². The highest BCUT2D eigenvalue weighted by Crippen LogP contribution is 2.28. The molecule has 2 aromatic rings. The minimum absolute atomic E-state index is 0.0634. The molecule has 4 nitrogen and oxygen atoms in total. The Bertz CT molecular complexity index is 773.